The summed E-state index contributed by atoms with van der Waals surface area (Å²) in [6.07, 6.45) is 74.2. The first-order valence-electron chi connectivity index (χ1n) is 28.2. The van der Waals surface area contributed by atoms with Crippen molar-refractivity contribution in [3.8, 4) is 0 Å². The first kappa shape index (κ1) is 64.3. The normalized spacial score (nSPS) is 12.8. The van der Waals surface area contributed by atoms with Crippen molar-refractivity contribution in [2.24, 2.45) is 0 Å². The van der Waals surface area contributed by atoms with Crippen LogP contribution in [0.4, 0.5) is 0 Å². The molecule has 0 aromatic carbocycles. The van der Waals surface area contributed by atoms with E-state index in [0.717, 1.165) is 109 Å². The molecular formula is C62H104O6. The third-order valence-corrected chi connectivity index (χ3v) is 11.8. The van der Waals surface area contributed by atoms with Crippen LogP contribution in [-0.4, -0.2) is 37.2 Å². The first-order valence-corrected chi connectivity index (χ1v) is 28.2. The van der Waals surface area contributed by atoms with Crippen LogP contribution >= 0.6 is 0 Å². The van der Waals surface area contributed by atoms with Gasteiger partial charge in [0.2, 0.25) is 0 Å². The van der Waals surface area contributed by atoms with E-state index in [1.807, 2.05) is 0 Å². The molecule has 0 saturated heterocycles. The van der Waals surface area contributed by atoms with Crippen molar-refractivity contribution in [1.82, 2.24) is 0 Å². The largest absolute Gasteiger partial charge is 0.462 e. The average Bonchev–Trinajstić information content (AvgIpc) is 3.34. The molecule has 0 aliphatic carbocycles. The number of allylic oxidation sites excluding steroid dienone is 16. The zero-order chi connectivity index (χ0) is 49.3. The third-order valence-electron chi connectivity index (χ3n) is 11.8. The molecule has 6 nitrogen and oxygen atoms in total. The van der Waals surface area contributed by atoms with E-state index in [9.17, 15) is 14.4 Å². The number of hydrogen-bond acceptors (Lipinski definition) is 6. The highest BCUT2D eigenvalue weighted by Gasteiger charge is 2.19. The van der Waals surface area contributed by atoms with Crippen LogP contribution in [0.3, 0.4) is 0 Å². The fourth-order valence-corrected chi connectivity index (χ4v) is 7.59. The number of esters is 3. The van der Waals surface area contributed by atoms with E-state index >= 15 is 0 Å². The van der Waals surface area contributed by atoms with Crippen molar-refractivity contribution in [2.45, 2.75) is 264 Å². The standard InChI is InChI=1S/C62H104O6/c1-4-7-10-13-16-18-20-22-24-26-28-29-30-31-32-33-34-36-37-39-41-43-46-49-52-55-61(64)67-58-59(57-66-60(63)54-51-48-45-15-12-9-6-3)68-62(65)56-53-50-47-44-42-40-38-35-27-25-23-21-19-17-14-11-8-5-2/h7,10,16,18,22,24-25,27-29,31-32,34,36,39,41,59H,4-6,8-9,11-15,17,19-21,23,26,30,33,35,37-38,40,42-58H2,1-3H3/b10-7-,18-16-,24-22-,27-25-,29-28-,32-31-,36-34-,41-39-. The quantitative estimate of drug-likeness (QED) is 0.0262. The Morgan fingerprint density at radius 2 is 0.574 bits per heavy atom. The Balaban J connectivity index is 4.30. The zero-order valence-electron chi connectivity index (χ0n) is 44.3. The van der Waals surface area contributed by atoms with E-state index in [2.05, 4.69) is 118 Å². The minimum Gasteiger partial charge on any atom is -0.462 e. The maximum absolute atomic E-state index is 12.8. The lowest BCUT2D eigenvalue weighted by Crippen LogP contribution is -2.30. The lowest BCUT2D eigenvalue weighted by Gasteiger charge is -2.18. The fourth-order valence-electron chi connectivity index (χ4n) is 7.59. The van der Waals surface area contributed by atoms with Gasteiger partial charge >= 0.3 is 17.9 Å². The number of carbonyl (C=O) groups is 3. The summed E-state index contributed by atoms with van der Waals surface area (Å²) in [6, 6.07) is 0. The van der Waals surface area contributed by atoms with Crippen molar-refractivity contribution in [1.29, 1.82) is 0 Å². The monoisotopic (exact) mass is 945 g/mol. The van der Waals surface area contributed by atoms with Crippen LogP contribution in [0.15, 0.2) is 97.2 Å². The SMILES string of the molecule is CC/C=C\C/C=C\C/C=C\C/C=C\C/C=C\C/C=C\C/C=C\CCCCCC(=O)OCC(COC(=O)CCCCCCCCC)OC(=O)CCCCCCCCC/C=C\CCCCCCCCC. The van der Waals surface area contributed by atoms with Gasteiger partial charge in [0.25, 0.3) is 0 Å². The Morgan fingerprint density at radius 3 is 0.926 bits per heavy atom. The Hall–Kier alpha value is -3.67. The second-order valence-electron chi connectivity index (χ2n) is 18.5. The highest BCUT2D eigenvalue weighted by Crippen LogP contribution is 2.14. The highest BCUT2D eigenvalue weighted by atomic mass is 16.6. The van der Waals surface area contributed by atoms with E-state index in [4.69, 9.17) is 14.2 Å². The third kappa shape index (κ3) is 53.3. The van der Waals surface area contributed by atoms with Gasteiger partial charge in [-0.25, -0.2) is 0 Å². The van der Waals surface area contributed by atoms with Gasteiger partial charge < -0.3 is 14.2 Å². The van der Waals surface area contributed by atoms with Crippen LogP contribution in [0.5, 0.6) is 0 Å². The average molecular weight is 946 g/mol. The van der Waals surface area contributed by atoms with Crippen LogP contribution in [0.25, 0.3) is 0 Å². The van der Waals surface area contributed by atoms with Gasteiger partial charge in [0, 0.05) is 19.3 Å². The molecule has 0 aliphatic heterocycles. The van der Waals surface area contributed by atoms with E-state index in [-0.39, 0.29) is 31.1 Å². The predicted molar refractivity (Wildman–Crippen MR) is 293 cm³/mol. The van der Waals surface area contributed by atoms with Crippen LogP contribution < -0.4 is 0 Å². The molecule has 1 unspecified atom stereocenters. The molecule has 6 heteroatoms. The molecule has 0 N–H and O–H groups in total. The van der Waals surface area contributed by atoms with Gasteiger partial charge in [-0.05, 0) is 103 Å². The number of ether oxygens (including phenoxy) is 3. The maximum Gasteiger partial charge on any atom is 0.306 e. The molecule has 0 amide bonds. The molecule has 0 heterocycles. The molecule has 0 aromatic heterocycles. The summed E-state index contributed by atoms with van der Waals surface area (Å²) >= 11 is 0. The molecule has 0 rings (SSSR count). The summed E-state index contributed by atoms with van der Waals surface area (Å²) < 4.78 is 16.7. The van der Waals surface area contributed by atoms with Gasteiger partial charge in [-0.3, -0.25) is 14.4 Å². The van der Waals surface area contributed by atoms with Crippen molar-refractivity contribution in [3.05, 3.63) is 97.2 Å². The van der Waals surface area contributed by atoms with Gasteiger partial charge in [0.15, 0.2) is 6.10 Å². The van der Waals surface area contributed by atoms with Crippen molar-refractivity contribution >= 4 is 17.9 Å². The number of rotatable bonds is 50. The van der Waals surface area contributed by atoms with Gasteiger partial charge in [-0.2, -0.15) is 0 Å². The summed E-state index contributed by atoms with van der Waals surface area (Å²) in [6.45, 7) is 6.45. The van der Waals surface area contributed by atoms with Gasteiger partial charge in [0.1, 0.15) is 13.2 Å². The minimum absolute atomic E-state index is 0.0897. The molecule has 0 aromatic rings. The molecule has 68 heavy (non-hydrogen) atoms. The minimum atomic E-state index is -0.791. The second-order valence-corrected chi connectivity index (χ2v) is 18.5. The lowest BCUT2D eigenvalue weighted by molar-refractivity contribution is -0.167. The van der Waals surface area contributed by atoms with Crippen LogP contribution in [-0.2, 0) is 28.6 Å². The highest BCUT2D eigenvalue weighted by molar-refractivity contribution is 5.71. The lowest BCUT2D eigenvalue weighted by atomic mass is 10.1. The van der Waals surface area contributed by atoms with Crippen molar-refractivity contribution < 1.29 is 28.6 Å². The summed E-state index contributed by atoms with van der Waals surface area (Å²) in [7, 11) is 0. The fraction of sp³-hybridized carbons (Fsp3) is 0.694. The summed E-state index contributed by atoms with van der Waals surface area (Å²) in [5, 5.41) is 0. The molecule has 0 spiro atoms. The number of hydrogen-bond donors (Lipinski definition) is 0. The zero-order valence-corrected chi connectivity index (χ0v) is 44.3. The van der Waals surface area contributed by atoms with E-state index in [0.29, 0.717) is 19.3 Å². The summed E-state index contributed by atoms with van der Waals surface area (Å²) in [4.78, 5) is 37.9. The van der Waals surface area contributed by atoms with Gasteiger partial charge in [0.05, 0.1) is 0 Å². The van der Waals surface area contributed by atoms with E-state index in [1.165, 1.54) is 109 Å². The number of unbranched alkanes of at least 4 members (excludes halogenated alkanes) is 23. The molecule has 0 bridgehead atoms. The topological polar surface area (TPSA) is 78.9 Å². The smallest absolute Gasteiger partial charge is 0.306 e. The molecule has 0 fully saturated rings. The molecule has 0 saturated carbocycles. The summed E-state index contributed by atoms with van der Waals surface area (Å²) in [5.74, 6) is -0.934. The Bertz CT molecular complexity index is 1360. The molecule has 0 radical (unpaired) electrons. The molecule has 0 aliphatic rings. The Morgan fingerprint density at radius 1 is 0.309 bits per heavy atom. The van der Waals surface area contributed by atoms with Crippen molar-refractivity contribution in [3.63, 3.8) is 0 Å². The molecular weight excluding hydrogens is 841 g/mol. The second kappa shape index (κ2) is 55.9. The van der Waals surface area contributed by atoms with E-state index in [1.54, 1.807) is 0 Å². The molecule has 1 atom stereocenters. The Kier molecular flexibility index (Phi) is 52.9. The Labute approximate surface area is 419 Å². The number of carbonyl (C=O) groups excluding carboxylic acids is 3. The predicted octanol–water partition coefficient (Wildman–Crippen LogP) is 18.9. The molecule has 388 valence electrons. The van der Waals surface area contributed by atoms with Crippen LogP contribution in [0.1, 0.15) is 258 Å². The van der Waals surface area contributed by atoms with Gasteiger partial charge in [-0.15, -0.1) is 0 Å². The first-order chi connectivity index (χ1) is 33.5. The van der Waals surface area contributed by atoms with Crippen LogP contribution in [0.2, 0.25) is 0 Å². The van der Waals surface area contributed by atoms with E-state index < -0.39 is 6.10 Å². The van der Waals surface area contributed by atoms with Crippen LogP contribution in [0, 0.1) is 0 Å². The van der Waals surface area contributed by atoms with Gasteiger partial charge in [-0.1, -0.05) is 234 Å². The maximum atomic E-state index is 12.8. The van der Waals surface area contributed by atoms with Crippen molar-refractivity contribution in [2.75, 3.05) is 13.2 Å². The summed E-state index contributed by atoms with van der Waals surface area (Å²) in [5.41, 5.74) is 0.